The van der Waals surface area contributed by atoms with Gasteiger partial charge in [0, 0.05) is 42.9 Å². The van der Waals surface area contributed by atoms with E-state index in [4.69, 9.17) is 4.98 Å². The van der Waals surface area contributed by atoms with Crippen molar-refractivity contribution >= 4 is 17.7 Å². The number of carbonyl (C=O) groups is 3. The molecule has 8 heteroatoms. The van der Waals surface area contributed by atoms with Crippen LogP contribution in [0.4, 0.5) is 4.39 Å². The number of nitrogens with one attached hydrogen (secondary N) is 1. The molecule has 1 saturated heterocycles. The first-order valence-corrected chi connectivity index (χ1v) is 10.4. The molecule has 1 aromatic heterocycles. The topological polar surface area (TPSA) is 84.3 Å². The number of amides is 3. The third kappa shape index (κ3) is 3.28. The lowest BCUT2D eigenvalue weighted by Gasteiger charge is -2.29. The molecular weight excluding hydrogens is 411 g/mol. The molecule has 3 amide bonds. The van der Waals surface area contributed by atoms with E-state index in [1.54, 1.807) is 12.1 Å². The lowest BCUT2D eigenvalue weighted by atomic mass is 10.0. The Balaban J connectivity index is 1.45. The van der Waals surface area contributed by atoms with Crippen LogP contribution in [0.2, 0.25) is 0 Å². The standard InChI is InChI=1S/C24H21FN4O3/c1-13-9-16(25)4-6-17(13)22-26-19(12-28(22)2)14-3-5-18-15(10-14)11-29(24(18)32)20-7-8-21(30)27-23(20)31/h3-6,9-10,12,20H,7-8,11H2,1-2H3,(H,27,30,31). The van der Waals surface area contributed by atoms with Gasteiger partial charge in [-0.1, -0.05) is 6.07 Å². The zero-order chi connectivity index (χ0) is 22.6. The third-order valence-electron chi connectivity index (χ3n) is 6.13. The highest BCUT2D eigenvalue weighted by Crippen LogP contribution is 2.32. The van der Waals surface area contributed by atoms with Gasteiger partial charge in [0.1, 0.15) is 17.7 Å². The van der Waals surface area contributed by atoms with Crippen molar-refractivity contribution in [1.82, 2.24) is 19.8 Å². The molecule has 0 radical (unpaired) electrons. The quantitative estimate of drug-likeness (QED) is 0.645. The van der Waals surface area contributed by atoms with Crippen LogP contribution in [-0.2, 0) is 23.2 Å². The Labute approximate surface area is 183 Å². The molecule has 1 fully saturated rings. The van der Waals surface area contributed by atoms with E-state index in [2.05, 4.69) is 5.32 Å². The molecule has 0 spiro atoms. The molecule has 7 nitrogen and oxygen atoms in total. The number of carbonyl (C=O) groups excluding carboxylic acids is 3. The Morgan fingerprint density at radius 3 is 2.62 bits per heavy atom. The third-order valence-corrected chi connectivity index (χ3v) is 6.13. The normalized spacial score (nSPS) is 18.2. The van der Waals surface area contributed by atoms with Gasteiger partial charge >= 0.3 is 0 Å². The van der Waals surface area contributed by atoms with Crippen molar-refractivity contribution in [3.05, 3.63) is 65.1 Å². The van der Waals surface area contributed by atoms with Crippen LogP contribution in [0.25, 0.3) is 22.6 Å². The minimum Gasteiger partial charge on any atom is -0.333 e. The van der Waals surface area contributed by atoms with E-state index in [1.165, 1.54) is 17.0 Å². The summed E-state index contributed by atoms with van der Waals surface area (Å²) in [5.41, 5.74) is 4.61. The van der Waals surface area contributed by atoms with E-state index in [0.29, 0.717) is 18.5 Å². The number of rotatable bonds is 3. The number of halogens is 1. The molecule has 0 bridgehead atoms. The molecule has 0 aliphatic carbocycles. The van der Waals surface area contributed by atoms with Crippen molar-refractivity contribution in [2.24, 2.45) is 7.05 Å². The number of hydrogen-bond acceptors (Lipinski definition) is 4. The fraction of sp³-hybridized carbons (Fsp3) is 0.250. The van der Waals surface area contributed by atoms with Crippen molar-refractivity contribution in [3.8, 4) is 22.6 Å². The molecule has 0 saturated carbocycles. The minimum atomic E-state index is -0.640. The zero-order valence-corrected chi connectivity index (χ0v) is 17.7. The van der Waals surface area contributed by atoms with E-state index in [0.717, 1.165) is 33.8 Å². The van der Waals surface area contributed by atoms with Crippen LogP contribution in [-0.4, -0.2) is 38.2 Å². The average molecular weight is 432 g/mol. The summed E-state index contributed by atoms with van der Waals surface area (Å²) in [7, 11) is 1.89. The van der Waals surface area contributed by atoms with E-state index < -0.39 is 11.9 Å². The fourth-order valence-corrected chi connectivity index (χ4v) is 4.47. The lowest BCUT2D eigenvalue weighted by molar-refractivity contribution is -0.136. The summed E-state index contributed by atoms with van der Waals surface area (Å²) in [5, 5.41) is 2.32. The molecular formula is C24H21FN4O3. The first-order valence-electron chi connectivity index (χ1n) is 10.4. The molecule has 1 unspecified atom stereocenters. The predicted octanol–water partition coefficient (Wildman–Crippen LogP) is 2.96. The number of aromatic nitrogens is 2. The highest BCUT2D eigenvalue weighted by molar-refractivity contribution is 6.05. The summed E-state index contributed by atoms with van der Waals surface area (Å²) in [6, 6.07) is 9.50. The van der Waals surface area contributed by atoms with Gasteiger partial charge in [0.25, 0.3) is 5.91 Å². The molecule has 3 heterocycles. The van der Waals surface area contributed by atoms with E-state index in [9.17, 15) is 18.8 Å². The van der Waals surface area contributed by atoms with Gasteiger partial charge in [0.2, 0.25) is 11.8 Å². The molecule has 5 rings (SSSR count). The Bertz CT molecular complexity index is 1300. The van der Waals surface area contributed by atoms with Crippen LogP contribution in [0.1, 0.15) is 34.3 Å². The summed E-state index contributed by atoms with van der Waals surface area (Å²) < 4.78 is 15.4. The molecule has 32 heavy (non-hydrogen) atoms. The molecule has 3 aromatic rings. The first-order chi connectivity index (χ1) is 15.3. The molecule has 1 N–H and O–H groups in total. The van der Waals surface area contributed by atoms with Gasteiger partial charge < -0.3 is 9.47 Å². The zero-order valence-electron chi connectivity index (χ0n) is 17.7. The van der Waals surface area contributed by atoms with Gasteiger partial charge in [0.05, 0.1) is 5.69 Å². The van der Waals surface area contributed by atoms with E-state index in [-0.39, 0.29) is 24.1 Å². The van der Waals surface area contributed by atoms with Crippen LogP contribution in [0, 0.1) is 12.7 Å². The van der Waals surface area contributed by atoms with E-state index in [1.807, 2.05) is 36.9 Å². The minimum absolute atomic E-state index is 0.204. The highest BCUT2D eigenvalue weighted by Gasteiger charge is 2.39. The van der Waals surface area contributed by atoms with Crippen LogP contribution in [0.3, 0.4) is 0 Å². The molecule has 2 aliphatic heterocycles. The average Bonchev–Trinajstić information content (AvgIpc) is 3.28. The molecule has 2 aromatic carbocycles. The first kappa shape index (κ1) is 20.1. The second kappa shape index (κ2) is 7.40. The van der Waals surface area contributed by atoms with Crippen molar-refractivity contribution in [2.45, 2.75) is 32.4 Å². The predicted molar refractivity (Wildman–Crippen MR) is 115 cm³/mol. The van der Waals surface area contributed by atoms with Gasteiger partial charge in [-0.2, -0.15) is 0 Å². The second-order valence-electron chi connectivity index (χ2n) is 8.29. The lowest BCUT2D eigenvalue weighted by Crippen LogP contribution is -2.52. The van der Waals surface area contributed by atoms with Gasteiger partial charge in [-0.3, -0.25) is 19.7 Å². The summed E-state index contributed by atoms with van der Waals surface area (Å²) in [4.78, 5) is 42.9. The number of hydrogen-bond donors (Lipinski definition) is 1. The smallest absolute Gasteiger partial charge is 0.255 e. The molecule has 2 aliphatic rings. The summed E-state index contributed by atoms with van der Waals surface area (Å²) >= 11 is 0. The second-order valence-corrected chi connectivity index (χ2v) is 8.29. The maximum absolute atomic E-state index is 13.5. The number of imide groups is 1. The van der Waals surface area contributed by atoms with Crippen LogP contribution >= 0.6 is 0 Å². The van der Waals surface area contributed by atoms with Gasteiger partial charge in [-0.15, -0.1) is 0 Å². The fourth-order valence-electron chi connectivity index (χ4n) is 4.47. The largest absolute Gasteiger partial charge is 0.333 e. The highest BCUT2D eigenvalue weighted by atomic mass is 19.1. The molecule has 162 valence electrons. The van der Waals surface area contributed by atoms with Crippen molar-refractivity contribution in [3.63, 3.8) is 0 Å². The summed E-state index contributed by atoms with van der Waals surface area (Å²) in [6.07, 6.45) is 2.45. The van der Waals surface area contributed by atoms with Crippen LogP contribution < -0.4 is 5.32 Å². The Kier molecular flexibility index (Phi) is 4.65. The number of benzene rings is 2. The summed E-state index contributed by atoms with van der Waals surface area (Å²) in [5.74, 6) is -0.500. The summed E-state index contributed by atoms with van der Waals surface area (Å²) in [6.45, 7) is 2.16. The van der Waals surface area contributed by atoms with Crippen molar-refractivity contribution < 1.29 is 18.8 Å². The van der Waals surface area contributed by atoms with E-state index >= 15 is 0 Å². The maximum Gasteiger partial charge on any atom is 0.255 e. The monoisotopic (exact) mass is 432 g/mol. The van der Waals surface area contributed by atoms with Crippen molar-refractivity contribution in [2.75, 3.05) is 0 Å². The van der Waals surface area contributed by atoms with Crippen LogP contribution in [0.5, 0.6) is 0 Å². The Morgan fingerprint density at radius 2 is 1.88 bits per heavy atom. The van der Waals surface area contributed by atoms with Gasteiger partial charge in [-0.25, -0.2) is 9.37 Å². The Hall–Kier alpha value is -3.81. The Morgan fingerprint density at radius 1 is 1.09 bits per heavy atom. The molecule has 1 atom stereocenters. The maximum atomic E-state index is 13.5. The number of fused-ring (bicyclic) bond motifs is 1. The SMILES string of the molecule is Cc1cc(F)ccc1-c1nc(-c2ccc3c(c2)CN(C2CCC(=O)NC2=O)C3=O)cn1C. The number of aryl methyl sites for hydroxylation is 2. The van der Waals surface area contributed by atoms with Crippen molar-refractivity contribution in [1.29, 1.82) is 0 Å². The number of nitrogens with zero attached hydrogens (tertiary/aromatic N) is 3. The number of piperidine rings is 1. The van der Waals surface area contributed by atoms with Gasteiger partial charge in [0.15, 0.2) is 0 Å². The van der Waals surface area contributed by atoms with Gasteiger partial charge in [-0.05, 0) is 54.8 Å². The number of imidazole rings is 1. The van der Waals surface area contributed by atoms with Crippen LogP contribution in [0.15, 0.2) is 42.6 Å².